The predicted molar refractivity (Wildman–Crippen MR) is 70.0 cm³/mol. The second-order valence-electron chi connectivity index (χ2n) is 4.04. The summed E-state index contributed by atoms with van der Waals surface area (Å²) in [7, 11) is 0. The molecule has 1 heterocycles. The number of hydrogen-bond acceptors (Lipinski definition) is 3. The van der Waals surface area contributed by atoms with E-state index in [2.05, 4.69) is 30.4 Å². The van der Waals surface area contributed by atoms with Gasteiger partial charge in [-0.3, -0.25) is 0 Å². The van der Waals surface area contributed by atoms with Gasteiger partial charge in [0.2, 0.25) is 0 Å². The van der Waals surface area contributed by atoms with Gasteiger partial charge in [0, 0.05) is 10.8 Å². The first-order valence-corrected chi connectivity index (χ1v) is 6.86. The lowest BCUT2D eigenvalue weighted by atomic mass is 10.2. The molecule has 1 fully saturated rings. The molecule has 0 aliphatic carbocycles. The van der Waals surface area contributed by atoms with Crippen molar-refractivity contribution in [2.75, 3.05) is 13.2 Å². The number of nitrogens with one attached hydrogen (secondary N) is 1. The minimum absolute atomic E-state index is 0.381. The van der Waals surface area contributed by atoms with Crippen LogP contribution in [0.4, 0.5) is 0 Å². The fourth-order valence-electron chi connectivity index (χ4n) is 1.93. The Bertz CT molecular complexity index is 342. The lowest BCUT2D eigenvalue weighted by molar-refractivity contribution is 0.335. The lowest BCUT2D eigenvalue weighted by Gasteiger charge is -2.29. The smallest absolute Gasteiger partial charge is 0.124 e. The van der Waals surface area contributed by atoms with Gasteiger partial charge >= 0.3 is 0 Å². The molecule has 88 valence electrons. The summed E-state index contributed by atoms with van der Waals surface area (Å²) in [5, 5.41) is 4.65. The van der Waals surface area contributed by atoms with E-state index in [9.17, 15) is 0 Å². The van der Waals surface area contributed by atoms with Crippen molar-refractivity contribution in [1.82, 2.24) is 5.32 Å². The average Bonchev–Trinajstić information content (AvgIpc) is 2.30. The molecule has 0 radical (unpaired) electrons. The molecular weight excluding hydrogens is 218 g/mol. The van der Waals surface area contributed by atoms with Crippen LogP contribution in [0.3, 0.4) is 0 Å². The zero-order chi connectivity index (χ0) is 11.4. The third kappa shape index (κ3) is 2.71. The van der Waals surface area contributed by atoms with Gasteiger partial charge in [0.15, 0.2) is 0 Å². The van der Waals surface area contributed by atoms with Crippen molar-refractivity contribution in [3.63, 3.8) is 0 Å². The third-order valence-corrected chi connectivity index (χ3v) is 4.14. The first-order valence-electron chi connectivity index (χ1n) is 5.92. The molecule has 16 heavy (non-hydrogen) atoms. The first kappa shape index (κ1) is 11.8. The summed E-state index contributed by atoms with van der Waals surface area (Å²) in [5.74, 6) is 1.02. The molecule has 1 aromatic rings. The topological polar surface area (TPSA) is 21.3 Å². The van der Waals surface area contributed by atoms with Gasteiger partial charge in [0.25, 0.3) is 0 Å². The Morgan fingerprint density at radius 3 is 3.00 bits per heavy atom. The molecule has 2 unspecified atom stereocenters. The zero-order valence-electron chi connectivity index (χ0n) is 9.90. The number of para-hydroxylation sites is 1. The van der Waals surface area contributed by atoms with Gasteiger partial charge in [-0.1, -0.05) is 25.1 Å². The van der Waals surface area contributed by atoms with Gasteiger partial charge in [-0.15, -0.1) is 11.8 Å². The summed E-state index contributed by atoms with van der Waals surface area (Å²) in [4.78, 5) is 0. The molecule has 1 aliphatic heterocycles. The fraction of sp³-hybridized carbons (Fsp3) is 0.538. The Labute approximate surface area is 102 Å². The van der Waals surface area contributed by atoms with Crippen LogP contribution in [0.25, 0.3) is 0 Å². The van der Waals surface area contributed by atoms with Crippen molar-refractivity contribution in [2.45, 2.75) is 30.9 Å². The zero-order valence-corrected chi connectivity index (χ0v) is 10.7. The molecule has 2 nitrogen and oxygen atoms in total. The predicted octanol–water partition coefficient (Wildman–Crippen LogP) is 3.20. The third-order valence-electron chi connectivity index (χ3n) is 2.75. The van der Waals surface area contributed by atoms with Crippen LogP contribution in [0.15, 0.2) is 24.3 Å². The molecule has 3 heteroatoms. The highest BCUT2D eigenvalue weighted by atomic mass is 32.2. The van der Waals surface area contributed by atoms with Crippen molar-refractivity contribution >= 4 is 11.8 Å². The average molecular weight is 237 g/mol. The number of thioether (sulfide) groups is 1. The molecule has 2 rings (SSSR count). The number of benzene rings is 1. The minimum atomic E-state index is 0.381. The van der Waals surface area contributed by atoms with Crippen molar-refractivity contribution in [2.24, 2.45) is 0 Å². The number of ether oxygens (including phenoxy) is 1. The van der Waals surface area contributed by atoms with E-state index in [0.717, 1.165) is 24.2 Å². The van der Waals surface area contributed by atoms with Crippen LogP contribution in [0, 0.1) is 0 Å². The van der Waals surface area contributed by atoms with Crippen molar-refractivity contribution in [3.8, 4) is 5.75 Å². The Balaban J connectivity index is 2.17. The second kappa shape index (κ2) is 5.60. The minimum Gasteiger partial charge on any atom is -0.494 e. The van der Waals surface area contributed by atoms with E-state index in [0.29, 0.717) is 5.37 Å². The SMILES string of the molecule is CCOc1ccccc1C1NCCC(C)S1. The molecule has 2 atom stereocenters. The van der Waals surface area contributed by atoms with E-state index in [1.54, 1.807) is 0 Å². The molecule has 0 aromatic heterocycles. The molecule has 1 N–H and O–H groups in total. The standard InChI is InChI=1S/C13H19NOS/c1-3-15-12-7-5-4-6-11(12)13-14-9-8-10(2)16-13/h4-7,10,13-14H,3,8-9H2,1-2H3. The maximum absolute atomic E-state index is 5.67. The van der Waals surface area contributed by atoms with Gasteiger partial charge in [-0.05, 0) is 26.0 Å². The van der Waals surface area contributed by atoms with E-state index in [-0.39, 0.29) is 0 Å². The molecule has 0 bridgehead atoms. The maximum Gasteiger partial charge on any atom is 0.124 e. The quantitative estimate of drug-likeness (QED) is 0.872. The van der Waals surface area contributed by atoms with E-state index in [1.165, 1.54) is 12.0 Å². The summed E-state index contributed by atoms with van der Waals surface area (Å²) in [6.07, 6.45) is 1.25. The van der Waals surface area contributed by atoms with Crippen LogP contribution >= 0.6 is 11.8 Å². The van der Waals surface area contributed by atoms with E-state index >= 15 is 0 Å². The highest BCUT2D eigenvalue weighted by molar-refractivity contribution is 8.00. The Hall–Kier alpha value is -0.670. The van der Waals surface area contributed by atoms with Gasteiger partial charge < -0.3 is 10.1 Å². The lowest BCUT2D eigenvalue weighted by Crippen LogP contribution is -2.29. The fourth-order valence-corrected chi connectivity index (χ4v) is 3.21. The summed E-state index contributed by atoms with van der Waals surface area (Å²) in [5.41, 5.74) is 1.28. The number of hydrogen-bond donors (Lipinski definition) is 1. The van der Waals surface area contributed by atoms with Crippen molar-refractivity contribution in [3.05, 3.63) is 29.8 Å². The molecule has 0 spiro atoms. The largest absolute Gasteiger partial charge is 0.494 e. The Kier molecular flexibility index (Phi) is 4.13. The molecule has 0 amide bonds. The summed E-state index contributed by atoms with van der Waals surface area (Å²) in [6.45, 7) is 6.14. The number of rotatable bonds is 3. The van der Waals surface area contributed by atoms with Crippen LogP contribution in [-0.4, -0.2) is 18.4 Å². The molecule has 1 saturated heterocycles. The van der Waals surface area contributed by atoms with Crippen LogP contribution in [0.5, 0.6) is 5.75 Å². The highest BCUT2D eigenvalue weighted by Gasteiger charge is 2.22. The van der Waals surface area contributed by atoms with E-state index in [4.69, 9.17) is 4.74 Å². The molecule has 1 aliphatic rings. The van der Waals surface area contributed by atoms with Gasteiger partial charge in [0.1, 0.15) is 5.75 Å². The molecule has 1 aromatic carbocycles. The van der Waals surface area contributed by atoms with E-state index in [1.807, 2.05) is 24.8 Å². The highest BCUT2D eigenvalue weighted by Crippen LogP contribution is 2.38. The Morgan fingerprint density at radius 2 is 2.25 bits per heavy atom. The van der Waals surface area contributed by atoms with Crippen LogP contribution < -0.4 is 10.1 Å². The van der Waals surface area contributed by atoms with Crippen LogP contribution in [0.1, 0.15) is 31.2 Å². The monoisotopic (exact) mass is 237 g/mol. The van der Waals surface area contributed by atoms with Gasteiger partial charge in [-0.25, -0.2) is 0 Å². The second-order valence-corrected chi connectivity index (χ2v) is 5.59. The summed E-state index contributed by atoms with van der Waals surface area (Å²) >= 11 is 1.99. The van der Waals surface area contributed by atoms with Crippen molar-refractivity contribution < 1.29 is 4.74 Å². The van der Waals surface area contributed by atoms with Crippen LogP contribution in [-0.2, 0) is 0 Å². The molecular formula is C13H19NOS. The van der Waals surface area contributed by atoms with Crippen molar-refractivity contribution in [1.29, 1.82) is 0 Å². The normalized spacial score (nSPS) is 25.4. The van der Waals surface area contributed by atoms with Crippen LogP contribution in [0.2, 0.25) is 0 Å². The Morgan fingerprint density at radius 1 is 1.44 bits per heavy atom. The molecule has 0 saturated carbocycles. The van der Waals surface area contributed by atoms with E-state index < -0.39 is 0 Å². The van der Waals surface area contributed by atoms with Gasteiger partial charge in [0.05, 0.1) is 12.0 Å². The summed E-state index contributed by atoms with van der Waals surface area (Å²) < 4.78 is 5.67. The summed E-state index contributed by atoms with van der Waals surface area (Å²) in [6, 6.07) is 8.33. The first-order chi connectivity index (χ1) is 7.81. The maximum atomic E-state index is 5.67. The van der Waals surface area contributed by atoms with Gasteiger partial charge in [-0.2, -0.15) is 0 Å².